The lowest BCUT2D eigenvalue weighted by atomic mass is 10.0. The molecule has 0 spiro atoms. The van der Waals surface area contributed by atoms with Gasteiger partial charge in [0.25, 0.3) is 0 Å². The molecule has 0 unspecified atom stereocenters. The zero-order valence-electron chi connectivity index (χ0n) is 13.5. The molecule has 1 aliphatic carbocycles. The van der Waals surface area contributed by atoms with Crippen LogP contribution in [0.3, 0.4) is 0 Å². The minimum absolute atomic E-state index is 0.0121. The summed E-state index contributed by atoms with van der Waals surface area (Å²) in [4.78, 5) is 12.6. The number of anilines is 1. The molecule has 1 fully saturated rings. The van der Waals surface area contributed by atoms with Crippen LogP contribution in [0.4, 0.5) is 5.69 Å². The van der Waals surface area contributed by atoms with Gasteiger partial charge >= 0.3 is 0 Å². The third-order valence-electron chi connectivity index (χ3n) is 4.34. The molecule has 1 saturated carbocycles. The van der Waals surface area contributed by atoms with Crippen molar-refractivity contribution in [3.05, 3.63) is 54.6 Å². The quantitative estimate of drug-likeness (QED) is 0.802. The van der Waals surface area contributed by atoms with Crippen molar-refractivity contribution in [1.82, 2.24) is 0 Å². The topological polar surface area (TPSA) is 29.1 Å². The number of thioether (sulfide) groups is 1. The first kappa shape index (κ1) is 16.1. The SMILES string of the molecule is C[C@H](SC1CCCC1)C(=O)Nc1ccccc1-c1ccccc1. The van der Waals surface area contributed by atoms with E-state index in [2.05, 4.69) is 23.5 Å². The summed E-state index contributed by atoms with van der Waals surface area (Å²) < 4.78 is 0. The summed E-state index contributed by atoms with van der Waals surface area (Å²) in [7, 11) is 0. The van der Waals surface area contributed by atoms with Crippen molar-refractivity contribution in [3.63, 3.8) is 0 Å². The zero-order chi connectivity index (χ0) is 16.1. The highest BCUT2D eigenvalue weighted by molar-refractivity contribution is 8.01. The molecule has 2 aromatic carbocycles. The average molecular weight is 325 g/mol. The molecule has 0 radical (unpaired) electrons. The predicted molar refractivity (Wildman–Crippen MR) is 99.8 cm³/mol. The molecule has 2 nitrogen and oxygen atoms in total. The van der Waals surface area contributed by atoms with Crippen molar-refractivity contribution < 1.29 is 4.79 Å². The van der Waals surface area contributed by atoms with Gasteiger partial charge in [0.1, 0.15) is 0 Å². The Balaban J connectivity index is 1.71. The van der Waals surface area contributed by atoms with Gasteiger partial charge in [-0.15, -0.1) is 11.8 Å². The van der Waals surface area contributed by atoms with Crippen molar-refractivity contribution in [2.45, 2.75) is 43.1 Å². The molecule has 1 amide bonds. The van der Waals surface area contributed by atoms with Gasteiger partial charge in [0.15, 0.2) is 0 Å². The van der Waals surface area contributed by atoms with Gasteiger partial charge in [0, 0.05) is 16.5 Å². The number of nitrogens with one attached hydrogen (secondary N) is 1. The first-order chi connectivity index (χ1) is 11.2. The minimum Gasteiger partial charge on any atom is -0.325 e. The fourth-order valence-corrected chi connectivity index (χ4v) is 4.44. The van der Waals surface area contributed by atoms with Gasteiger partial charge in [-0.05, 0) is 31.4 Å². The Hall–Kier alpha value is -1.74. The van der Waals surface area contributed by atoms with E-state index in [-0.39, 0.29) is 11.2 Å². The monoisotopic (exact) mass is 325 g/mol. The van der Waals surface area contributed by atoms with Crippen LogP contribution in [0.5, 0.6) is 0 Å². The summed E-state index contributed by atoms with van der Waals surface area (Å²) in [6, 6.07) is 18.2. The minimum atomic E-state index is -0.0121. The van der Waals surface area contributed by atoms with E-state index in [9.17, 15) is 4.79 Å². The summed E-state index contributed by atoms with van der Waals surface area (Å²) >= 11 is 1.82. The van der Waals surface area contributed by atoms with E-state index >= 15 is 0 Å². The fraction of sp³-hybridized carbons (Fsp3) is 0.350. The maximum absolute atomic E-state index is 12.6. The van der Waals surface area contributed by atoms with Crippen LogP contribution in [-0.4, -0.2) is 16.4 Å². The first-order valence-corrected chi connectivity index (χ1v) is 9.29. The Morgan fingerprint density at radius 3 is 2.43 bits per heavy atom. The van der Waals surface area contributed by atoms with E-state index in [4.69, 9.17) is 0 Å². The first-order valence-electron chi connectivity index (χ1n) is 8.35. The smallest absolute Gasteiger partial charge is 0.237 e. The molecule has 0 aliphatic heterocycles. The van der Waals surface area contributed by atoms with Crippen LogP contribution < -0.4 is 5.32 Å². The second-order valence-electron chi connectivity index (χ2n) is 6.09. The third kappa shape index (κ3) is 4.17. The van der Waals surface area contributed by atoms with Gasteiger partial charge in [-0.25, -0.2) is 0 Å². The Bertz CT molecular complexity index is 650. The van der Waals surface area contributed by atoms with Gasteiger partial charge in [0.2, 0.25) is 5.91 Å². The molecular formula is C20H23NOS. The largest absolute Gasteiger partial charge is 0.325 e. The number of para-hydroxylation sites is 1. The Morgan fingerprint density at radius 2 is 1.70 bits per heavy atom. The summed E-state index contributed by atoms with van der Waals surface area (Å²) in [5.41, 5.74) is 3.08. The lowest BCUT2D eigenvalue weighted by molar-refractivity contribution is -0.115. The number of rotatable bonds is 5. The van der Waals surface area contributed by atoms with Crippen LogP contribution in [0, 0.1) is 0 Å². The Labute approximate surface area is 142 Å². The second-order valence-corrected chi connectivity index (χ2v) is 7.73. The van der Waals surface area contributed by atoms with Crippen molar-refractivity contribution in [2.75, 3.05) is 5.32 Å². The van der Waals surface area contributed by atoms with Crippen molar-refractivity contribution in [2.24, 2.45) is 0 Å². The predicted octanol–water partition coefficient (Wildman–Crippen LogP) is 5.36. The van der Waals surface area contributed by atoms with Gasteiger partial charge in [0.05, 0.1) is 5.25 Å². The van der Waals surface area contributed by atoms with E-state index in [1.54, 1.807) is 0 Å². The molecule has 0 heterocycles. The molecule has 3 rings (SSSR count). The molecule has 1 N–H and O–H groups in total. The summed E-state index contributed by atoms with van der Waals surface area (Å²) in [5.74, 6) is 0.102. The molecule has 3 heteroatoms. The second kappa shape index (κ2) is 7.69. The van der Waals surface area contributed by atoms with Crippen LogP contribution in [0.25, 0.3) is 11.1 Å². The van der Waals surface area contributed by atoms with E-state index in [1.807, 2.05) is 55.1 Å². The maximum Gasteiger partial charge on any atom is 0.237 e. The van der Waals surface area contributed by atoms with E-state index in [1.165, 1.54) is 25.7 Å². The standard InChI is InChI=1S/C20H23NOS/c1-15(23-17-11-5-6-12-17)20(22)21-19-14-8-7-13-18(19)16-9-3-2-4-10-16/h2-4,7-10,13-15,17H,5-6,11-12H2,1H3,(H,21,22)/t15-/m0/s1. The normalized spacial score (nSPS) is 16.2. The van der Waals surface area contributed by atoms with E-state index < -0.39 is 0 Å². The van der Waals surface area contributed by atoms with Crippen LogP contribution >= 0.6 is 11.8 Å². The number of carbonyl (C=O) groups excluding carboxylic acids is 1. The molecule has 0 aromatic heterocycles. The third-order valence-corrected chi connectivity index (χ3v) is 5.82. The number of hydrogen-bond acceptors (Lipinski definition) is 2. The fourth-order valence-electron chi connectivity index (χ4n) is 3.07. The molecule has 23 heavy (non-hydrogen) atoms. The van der Waals surface area contributed by atoms with Gasteiger partial charge in [-0.1, -0.05) is 61.4 Å². The van der Waals surface area contributed by atoms with Crippen LogP contribution in [0.1, 0.15) is 32.6 Å². The highest BCUT2D eigenvalue weighted by atomic mass is 32.2. The summed E-state index contributed by atoms with van der Waals surface area (Å²) in [6.07, 6.45) is 5.12. The Morgan fingerprint density at radius 1 is 1.04 bits per heavy atom. The molecule has 1 aliphatic rings. The molecule has 2 aromatic rings. The summed E-state index contributed by atoms with van der Waals surface area (Å²) in [6.45, 7) is 2.02. The lowest BCUT2D eigenvalue weighted by Gasteiger charge is -2.17. The Kier molecular flexibility index (Phi) is 5.39. The zero-order valence-corrected chi connectivity index (χ0v) is 14.3. The number of carbonyl (C=O) groups is 1. The van der Waals surface area contributed by atoms with Crippen LogP contribution in [0.2, 0.25) is 0 Å². The maximum atomic E-state index is 12.6. The highest BCUT2D eigenvalue weighted by Crippen LogP contribution is 2.33. The molecule has 0 saturated heterocycles. The van der Waals surface area contributed by atoms with Crippen molar-refractivity contribution in [3.8, 4) is 11.1 Å². The molecule has 0 bridgehead atoms. The van der Waals surface area contributed by atoms with Crippen LogP contribution in [0.15, 0.2) is 54.6 Å². The molecular weight excluding hydrogens is 302 g/mol. The van der Waals surface area contributed by atoms with Gasteiger partial charge < -0.3 is 5.32 Å². The molecule has 1 atom stereocenters. The van der Waals surface area contributed by atoms with E-state index in [0.717, 1.165) is 16.8 Å². The average Bonchev–Trinajstić information content (AvgIpc) is 3.09. The number of amides is 1. The van der Waals surface area contributed by atoms with Gasteiger partial charge in [-0.2, -0.15) is 0 Å². The van der Waals surface area contributed by atoms with Crippen molar-refractivity contribution in [1.29, 1.82) is 0 Å². The highest BCUT2D eigenvalue weighted by Gasteiger charge is 2.22. The van der Waals surface area contributed by atoms with Gasteiger partial charge in [-0.3, -0.25) is 4.79 Å². The summed E-state index contributed by atoms with van der Waals surface area (Å²) in [5, 5.41) is 3.76. The lowest BCUT2D eigenvalue weighted by Crippen LogP contribution is -2.24. The number of hydrogen-bond donors (Lipinski definition) is 1. The van der Waals surface area contributed by atoms with Crippen molar-refractivity contribution >= 4 is 23.4 Å². The molecule has 120 valence electrons. The number of benzene rings is 2. The van der Waals surface area contributed by atoms with E-state index in [0.29, 0.717) is 5.25 Å². The van der Waals surface area contributed by atoms with Crippen LogP contribution in [-0.2, 0) is 4.79 Å².